The minimum Gasteiger partial charge on any atom is -0.545 e. The fourth-order valence-electron chi connectivity index (χ4n) is 3.80. The van der Waals surface area contributed by atoms with Crippen LogP contribution in [-0.2, 0) is 0 Å². The highest BCUT2D eigenvalue weighted by Gasteiger charge is 2.24. The van der Waals surface area contributed by atoms with Gasteiger partial charge in [-0.3, -0.25) is 4.98 Å². The number of carbonyl (C=O) groups excluding carboxylic acids is 1. The van der Waals surface area contributed by atoms with Crippen molar-refractivity contribution in [1.29, 1.82) is 0 Å². The summed E-state index contributed by atoms with van der Waals surface area (Å²) in [5, 5.41) is 10.1. The second kappa shape index (κ2) is 15.5. The summed E-state index contributed by atoms with van der Waals surface area (Å²) < 4.78 is 1.23. The number of carboxylic acid groups (broad SMARTS) is 1. The Labute approximate surface area is 174 Å². The van der Waals surface area contributed by atoms with Crippen LogP contribution < -0.4 is 5.11 Å². The maximum atomic E-state index is 10.1. The van der Waals surface area contributed by atoms with Crippen LogP contribution in [0.15, 0.2) is 24.5 Å². The molecule has 0 aliphatic heterocycles. The van der Waals surface area contributed by atoms with Gasteiger partial charge in [-0.1, -0.05) is 53.4 Å². The number of rotatable bonds is 13. The average Bonchev–Trinajstić information content (AvgIpc) is 2.69. The van der Waals surface area contributed by atoms with Crippen molar-refractivity contribution in [2.75, 3.05) is 27.2 Å². The molecule has 0 N–H and O–H groups in total. The summed E-state index contributed by atoms with van der Waals surface area (Å²) in [4.78, 5) is 13.7. The summed E-state index contributed by atoms with van der Waals surface area (Å²) >= 11 is 0. The van der Waals surface area contributed by atoms with E-state index in [2.05, 4.69) is 46.8 Å². The van der Waals surface area contributed by atoms with Crippen LogP contribution in [-0.4, -0.2) is 42.6 Å². The van der Waals surface area contributed by atoms with E-state index < -0.39 is 5.97 Å². The molecule has 2 unspecified atom stereocenters. The number of nitrogens with zero attached hydrogens (tertiary/aromatic N) is 2. The fourth-order valence-corrected chi connectivity index (χ4v) is 3.80. The van der Waals surface area contributed by atoms with Crippen LogP contribution in [0.4, 0.5) is 0 Å². The highest BCUT2D eigenvalue weighted by atomic mass is 16.4. The van der Waals surface area contributed by atoms with Crippen molar-refractivity contribution >= 4 is 5.97 Å². The highest BCUT2D eigenvalue weighted by Crippen LogP contribution is 2.21. The van der Waals surface area contributed by atoms with Gasteiger partial charge < -0.3 is 14.4 Å². The zero-order valence-corrected chi connectivity index (χ0v) is 19.2. The van der Waals surface area contributed by atoms with Gasteiger partial charge >= 0.3 is 0 Å². The number of aromatic carboxylic acids is 1. The normalized spacial score (nSPS) is 13.4. The van der Waals surface area contributed by atoms with Crippen molar-refractivity contribution in [3.8, 4) is 0 Å². The average molecular weight is 393 g/mol. The lowest BCUT2D eigenvalue weighted by Crippen LogP contribution is -2.46. The number of hydrogen-bond acceptors (Lipinski definition) is 3. The molecule has 0 saturated carbocycles. The Morgan fingerprint density at radius 2 is 1.36 bits per heavy atom. The topological polar surface area (TPSA) is 53.0 Å². The molecule has 4 nitrogen and oxygen atoms in total. The summed E-state index contributed by atoms with van der Waals surface area (Å²) in [7, 11) is 4.90. The van der Waals surface area contributed by atoms with Gasteiger partial charge in [0.15, 0.2) is 0 Å². The van der Waals surface area contributed by atoms with E-state index in [-0.39, 0.29) is 5.56 Å². The molecular weight excluding hydrogens is 348 g/mol. The molecular formula is C24H44N2O2. The quantitative estimate of drug-likeness (QED) is 0.447. The lowest BCUT2D eigenvalue weighted by Gasteiger charge is -2.36. The molecule has 0 aliphatic carbocycles. The zero-order valence-electron chi connectivity index (χ0n) is 19.2. The Balaban J connectivity index is 0.000000668. The third-order valence-electron chi connectivity index (χ3n) is 5.51. The summed E-state index contributed by atoms with van der Waals surface area (Å²) in [6, 6.07) is 2.77. The lowest BCUT2D eigenvalue weighted by molar-refractivity contribution is -0.897. The lowest BCUT2D eigenvalue weighted by atomic mass is 9.95. The molecule has 4 heteroatoms. The highest BCUT2D eigenvalue weighted by molar-refractivity contribution is 5.85. The number of aromatic nitrogens is 1. The van der Waals surface area contributed by atoms with Gasteiger partial charge in [0, 0.05) is 29.8 Å². The van der Waals surface area contributed by atoms with E-state index in [0.717, 1.165) is 11.8 Å². The van der Waals surface area contributed by atoms with E-state index in [1.54, 1.807) is 0 Å². The first-order chi connectivity index (χ1) is 13.3. The monoisotopic (exact) mass is 392 g/mol. The summed E-state index contributed by atoms with van der Waals surface area (Å²) in [5.74, 6) is 0.690. The first-order valence-corrected chi connectivity index (χ1v) is 11.2. The maximum absolute atomic E-state index is 10.1. The van der Waals surface area contributed by atoms with E-state index in [1.165, 1.54) is 93.5 Å². The van der Waals surface area contributed by atoms with Gasteiger partial charge in [0.1, 0.15) is 0 Å². The van der Waals surface area contributed by atoms with Crippen molar-refractivity contribution in [3.05, 3.63) is 30.1 Å². The SMILES string of the molecule is CCCCC(CC)C[N+](C)(C)CC(CC)CCCC.O=C([O-])c1ccncc1. The largest absolute Gasteiger partial charge is 0.545 e. The Bertz CT molecular complexity index is 483. The molecule has 0 saturated heterocycles. The number of hydrogen-bond donors (Lipinski definition) is 0. The third-order valence-corrected chi connectivity index (χ3v) is 5.51. The van der Waals surface area contributed by atoms with E-state index in [4.69, 9.17) is 0 Å². The Kier molecular flexibility index (Phi) is 14.7. The van der Waals surface area contributed by atoms with Gasteiger partial charge in [-0.05, 0) is 37.8 Å². The van der Waals surface area contributed by atoms with Crippen LogP contribution in [0.1, 0.15) is 89.4 Å². The minimum atomic E-state index is -1.17. The summed E-state index contributed by atoms with van der Waals surface area (Å²) in [6.07, 6.45) is 13.9. The molecule has 0 amide bonds. The predicted molar refractivity (Wildman–Crippen MR) is 117 cm³/mol. The fraction of sp³-hybridized carbons (Fsp3) is 0.750. The first kappa shape index (κ1) is 26.6. The molecule has 0 radical (unpaired) electrons. The van der Waals surface area contributed by atoms with Gasteiger partial charge in [-0.2, -0.15) is 0 Å². The van der Waals surface area contributed by atoms with Gasteiger partial charge in [-0.25, -0.2) is 0 Å². The Hall–Kier alpha value is -1.42. The van der Waals surface area contributed by atoms with E-state index in [0.29, 0.717) is 0 Å². The van der Waals surface area contributed by atoms with Crippen molar-refractivity contribution < 1.29 is 14.4 Å². The van der Waals surface area contributed by atoms with Crippen molar-refractivity contribution in [2.24, 2.45) is 11.8 Å². The smallest absolute Gasteiger partial charge is 0.0811 e. The van der Waals surface area contributed by atoms with Crippen LogP contribution in [0.25, 0.3) is 0 Å². The maximum Gasteiger partial charge on any atom is 0.0811 e. The van der Waals surface area contributed by atoms with Crippen LogP contribution in [0, 0.1) is 11.8 Å². The molecule has 1 aromatic rings. The molecule has 0 aromatic carbocycles. The Morgan fingerprint density at radius 3 is 1.64 bits per heavy atom. The molecule has 1 heterocycles. The number of quaternary nitrogens is 1. The number of unbranched alkanes of at least 4 members (excludes halogenated alkanes) is 2. The van der Waals surface area contributed by atoms with Crippen molar-refractivity contribution in [3.63, 3.8) is 0 Å². The van der Waals surface area contributed by atoms with Gasteiger partial charge in [0.25, 0.3) is 0 Å². The number of carbonyl (C=O) groups is 1. The third kappa shape index (κ3) is 12.9. The van der Waals surface area contributed by atoms with Gasteiger partial charge in [0.2, 0.25) is 0 Å². The van der Waals surface area contributed by atoms with E-state index >= 15 is 0 Å². The number of pyridine rings is 1. The molecule has 0 aliphatic rings. The predicted octanol–water partition coefficient (Wildman–Crippen LogP) is 4.94. The van der Waals surface area contributed by atoms with Crippen LogP contribution in [0.2, 0.25) is 0 Å². The van der Waals surface area contributed by atoms with Crippen molar-refractivity contribution in [2.45, 2.75) is 79.1 Å². The Morgan fingerprint density at radius 1 is 0.929 bits per heavy atom. The van der Waals surface area contributed by atoms with Crippen LogP contribution in [0.3, 0.4) is 0 Å². The van der Waals surface area contributed by atoms with Crippen LogP contribution >= 0.6 is 0 Å². The van der Waals surface area contributed by atoms with E-state index in [1.807, 2.05) is 0 Å². The molecule has 0 fully saturated rings. The summed E-state index contributed by atoms with van der Waals surface area (Å²) in [6.45, 7) is 12.1. The molecule has 2 atom stereocenters. The molecule has 0 spiro atoms. The van der Waals surface area contributed by atoms with Crippen LogP contribution in [0.5, 0.6) is 0 Å². The van der Waals surface area contributed by atoms with E-state index in [9.17, 15) is 9.90 Å². The van der Waals surface area contributed by atoms with Gasteiger partial charge in [0.05, 0.1) is 33.2 Å². The summed E-state index contributed by atoms with van der Waals surface area (Å²) in [5.41, 5.74) is 0.157. The molecule has 1 rings (SSSR count). The molecule has 28 heavy (non-hydrogen) atoms. The molecule has 162 valence electrons. The van der Waals surface area contributed by atoms with Gasteiger partial charge in [-0.15, -0.1) is 0 Å². The number of carboxylic acids is 1. The standard InChI is InChI=1S/C18H40N.C6H5NO2/c1-7-11-13-17(9-3)15-19(5,6)16-18(10-4)14-12-8-2;8-6(9)5-1-3-7-4-2-5/h17-18H,7-16H2,1-6H3;1-4H,(H,8,9)/q+1;/p-1. The molecule has 0 bridgehead atoms. The zero-order chi connectivity index (χ0) is 21.4. The second-order valence-electron chi connectivity index (χ2n) is 8.66. The first-order valence-electron chi connectivity index (χ1n) is 11.2. The second-order valence-corrected chi connectivity index (χ2v) is 8.66. The van der Waals surface area contributed by atoms with Crippen molar-refractivity contribution in [1.82, 2.24) is 4.98 Å². The molecule has 1 aromatic heterocycles. The minimum absolute atomic E-state index is 0.157.